The van der Waals surface area contributed by atoms with Gasteiger partial charge in [0.25, 0.3) is 0 Å². The van der Waals surface area contributed by atoms with Crippen LogP contribution >= 0.6 is 0 Å². The van der Waals surface area contributed by atoms with E-state index in [1.165, 1.54) is 88.4 Å². The molecule has 0 saturated carbocycles. The minimum absolute atomic E-state index is 0.0508. The van der Waals surface area contributed by atoms with Crippen LogP contribution in [-0.2, 0) is 30.6 Å². The standard InChI is InChI=1S/C49H38F12N2O3/c1-5-30-22-34(10-16-42(30)62-38-20-27(2)18-36(25-38)46(50,51)52)45(48(56,57)58,49(59,60)61)35-11-17-43(63-39-21-28(3)19-37(26-39)47(53,54)55)33(23-35)24-44(65)32-8-14-41(15-9-32)66-40-12-6-31(7-13-40)29(4)64/h6-23,25-26,62-63H,5,24H2,1-4H3. The maximum Gasteiger partial charge on any atom is 0.416 e. The van der Waals surface area contributed by atoms with Gasteiger partial charge in [0.1, 0.15) is 11.5 Å². The molecule has 6 aromatic rings. The molecule has 0 unspecified atom stereocenters. The molecule has 0 aromatic heterocycles. The number of ether oxygens (including phenoxy) is 1. The molecule has 346 valence electrons. The maximum absolute atomic E-state index is 15.6. The first-order valence-electron chi connectivity index (χ1n) is 19.9. The highest BCUT2D eigenvalue weighted by Crippen LogP contribution is 2.57. The number of halogens is 12. The average molecular weight is 931 g/mol. The molecule has 0 amide bonds. The summed E-state index contributed by atoms with van der Waals surface area (Å²) in [6, 6.07) is 21.2. The van der Waals surface area contributed by atoms with E-state index in [1.807, 2.05) is 0 Å². The van der Waals surface area contributed by atoms with Gasteiger partial charge < -0.3 is 15.4 Å². The van der Waals surface area contributed by atoms with Crippen LogP contribution in [0, 0.1) is 13.8 Å². The average Bonchev–Trinajstić information content (AvgIpc) is 3.20. The third-order valence-corrected chi connectivity index (χ3v) is 10.7. The van der Waals surface area contributed by atoms with Crippen LogP contribution in [-0.4, -0.2) is 23.9 Å². The number of rotatable bonds is 13. The zero-order chi connectivity index (χ0) is 48.6. The summed E-state index contributed by atoms with van der Waals surface area (Å²) in [6.45, 7) is 5.53. The lowest BCUT2D eigenvalue weighted by molar-refractivity contribution is -0.288. The number of ketones is 2. The number of anilines is 4. The first-order chi connectivity index (χ1) is 30.7. The van der Waals surface area contributed by atoms with Crippen molar-refractivity contribution >= 4 is 34.3 Å². The molecule has 66 heavy (non-hydrogen) atoms. The minimum Gasteiger partial charge on any atom is -0.457 e. The highest BCUT2D eigenvalue weighted by atomic mass is 19.4. The van der Waals surface area contributed by atoms with Crippen LogP contribution in [0.1, 0.15) is 79.1 Å². The molecule has 5 nitrogen and oxygen atoms in total. The third kappa shape index (κ3) is 10.5. The number of carbonyl (C=O) groups excluding carboxylic acids is 2. The van der Waals surface area contributed by atoms with Crippen molar-refractivity contribution in [3.63, 3.8) is 0 Å². The smallest absolute Gasteiger partial charge is 0.416 e. The van der Waals surface area contributed by atoms with Crippen molar-refractivity contribution in [3.8, 4) is 11.5 Å². The van der Waals surface area contributed by atoms with Gasteiger partial charge in [-0.15, -0.1) is 0 Å². The number of alkyl halides is 12. The van der Waals surface area contributed by atoms with E-state index < -0.39 is 70.1 Å². The Balaban J connectivity index is 1.45. The van der Waals surface area contributed by atoms with Crippen molar-refractivity contribution < 1.29 is 67.0 Å². The molecule has 6 rings (SSSR count). The molecule has 0 heterocycles. The van der Waals surface area contributed by atoms with Crippen LogP contribution in [0.4, 0.5) is 75.4 Å². The summed E-state index contributed by atoms with van der Waals surface area (Å²) < 4.78 is 182. The molecular formula is C49H38F12N2O3. The molecule has 0 aliphatic rings. The van der Waals surface area contributed by atoms with E-state index in [1.54, 1.807) is 0 Å². The van der Waals surface area contributed by atoms with Crippen molar-refractivity contribution in [2.24, 2.45) is 0 Å². The Kier molecular flexibility index (Phi) is 13.5. The molecular weight excluding hydrogens is 893 g/mol. The van der Waals surface area contributed by atoms with E-state index in [9.17, 15) is 35.9 Å². The lowest BCUT2D eigenvalue weighted by atomic mass is 9.71. The highest BCUT2D eigenvalue weighted by Gasteiger charge is 2.72. The second kappa shape index (κ2) is 18.2. The normalized spacial score (nSPS) is 12.5. The number of aryl methyl sites for hydroxylation is 3. The van der Waals surface area contributed by atoms with Crippen molar-refractivity contribution in [3.05, 3.63) is 177 Å². The Bertz CT molecular complexity index is 2740. The summed E-state index contributed by atoms with van der Waals surface area (Å²) >= 11 is 0. The predicted molar refractivity (Wildman–Crippen MR) is 225 cm³/mol. The van der Waals surface area contributed by atoms with Gasteiger partial charge >= 0.3 is 24.7 Å². The van der Waals surface area contributed by atoms with Crippen LogP contribution in [0.25, 0.3) is 0 Å². The van der Waals surface area contributed by atoms with E-state index in [0.29, 0.717) is 41.6 Å². The Labute approximate surface area is 370 Å². The summed E-state index contributed by atoms with van der Waals surface area (Å²) in [6.07, 6.45) is -22.8. The van der Waals surface area contributed by atoms with Crippen molar-refractivity contribution in [2.45, 2.75) is 70.7 Å². The van der Waals surface area contributed by atoms with Gasteiger partial charge in [0.05, 0.1) is 11.1 Å². The number of hydrogen-bond acceptors (Lipinski definition) is 5. The molecule has 0 radical (unpaired) electrons. The number of carbonyl (C=O) groups is 2. The highest BCUT2D eigenvalue weighted by molar-refractivity contribution is 5.98. The molecule has 0 saturated heterocycles. The van der Waals surface area contributed by atoms with E-state index >= 15 is 26.3 Å². The van der Waals surface area contributed by atoms with Crippen molar-refractivity contribution in [2.75, 3.05) is 10.6 Å². The van der Waals surface area contributed by atoms with Crippen LogP contribution in [0.15, 0.2) is 121 Å². The second-order valence-electron chi connectivity index (χ2n) is 15.6. The summed E-state index contributed by atoms with van der Waals surface area (Å²) in [5.41, 5.74) is -10.2. The zero-order valence-corrected chi connectivity index (χ0v) is 35.2. The van der Waals surface area contributed by atoms with Gasteiger partial charge in [-0.1, -0.05) is 31.2 Å². The number of hydrogen-bond donors (Lipinski definition) is 2. The zero-order valence-electron chi connectivity index (χ0n) is 35.2. The van der Waals surface area contributed by atoms with Gasteiger partial charge in [0.15, 0.2) is 11.6 Å². The summed E-state index contributed by atoms with van der Waals surface area (Å²) in [4.78, 5) is 25.5. The fourth-order valence-corrected chi connectivity index (χ4v) is 7.55. The summed E-state index contributed by atoms with van der Waals surface area (Å²) in [5, 5.41) is 5.35. The Hall–Kier alpha value is -6.78. The van der Waals surface area contributed by atoms with Crippen LogP contribution in [0.5, 0.6) is 11.5 Å². The van der Waals surface area contributed by atoms with E-state index in [-0.39, 0.29) is 63.0 Å². The lowest BCUT2D eigenvalue weighted by Crippen LogP contribution is -2.54. The molecule has 6 aromatic carbocycles. The number of nitrogens with one attached hydrogen (secondary N) is 2. The van der Waals surface area contributed by atoms with Crippen LogP contribution < -0.4 is 15.4 Å². The maximum atomic E-state index is 15.6. The molecule has 0 fully saturated rings. The summed E-state index contributed by atoms with van der Waals surface area (Å²) in [5.74, 6) is -0.421. The van der Waals surface area contributed by atoms with Crippen LogP contribution in [0.2, 0.25) is 0 Å². The van der Waals surface area contributed by atoms with Gasteiger partial charge in [-0.2, -0.15) is 52.7 Å². The SMILES string of the molecule is CCc1cc(C(c2ccc(Nc3cc(C)cc(C(F)(F)F)c3)c(CC(=O)c3ccc(Oc4ccc(C(C)=O)cc4)cc3)c2)(C(F)(F)F)C(F)(F)F)ccc1Nc1cc(C)cc(C(F)(F)F)c1. The minimum atomic E-state index is -6.13. The van der Waals surface area contributed by atoms with Crippen molar-refractivity contribution in [1.82, 2.24) is 0 Å². The monoisotopic (exact) mass is 930 g/mol. The quantitative estimate of drug-likeness (QED) is 0.0892. The molecule has 0 bridgehead atoms. The first kappa shape index (κ1) is 48.7. The molecule has 0 atom stereocenters. The Morgan fingerprint density at radius 3 is 1.30 bits per heavy atom. The number of benzene rings is 6. The van der Waals surface area contributed by atoms with E-state index in [0.717, 1.165) is 30.3 Å². The molecule has 2 N–H and O–H groups in total. The van der Waals surface area contributed by atoms with Gasteiger partial charge in [-0.05, 0) is 158 Å². The Morgan fingerprint density at radius 2 is 0.909 bits per heavy atom. The van der Waals surface area contributed by atoms with Gasteiger partial charge in [-0.25, -0.2) is 0 Å². The molecule has 17 heteroatoms. The van der Waals surface area contributed by atoms with Gasteiger partial charge in [0.2, 0.25) is 5.41 Å². The lowest BCUT2D eigenvalue weighted by Gasteiger charge is -2.39. The summed E-state index contributed by atoms with van der Waals surface area (Å²) in [7, 11) is 0. The third-order valence-electron chi connectivity index (χ3n) is 10.7. The second-order valence-corrected chi connectivity index (χ2v) is 15.6. The van der Waals surface area contributed by atoms with Crippen molar-refractivity contribution in [1.29, 1.82) is 0 Å². The Morgan fingerprint density at radius 1 is 0.500 bits per heavy atom. The topological polar surface area (TPSA) is 67.4 Å². The van der Waals surface area contributed by atoms with E-state index in [2.05, 4.69) is 10.6 Å². The first-order valence-corrected chi connectivity index (χ1v) is 19.9. The number of Topliss-reactive ketones (excluding diaryl/α,β-unsaturated/α-hetero) is 2. The van der Waals surface area contributed by atoms with E-state index in [4.69, 9.17) is 4.74 Å². The molecule has 0 spiro atoms. The van der Waals surface area contributed by atoms with Gasteiger partial charge in [0, 0.05) is 40.3 Å². The van der Waals surface area contributed by atoms with Gasteiger partial charge in [-0.3, -0.25) is 9.59 Å². The molecule has 0 aliphatic heterocycles. The fourth-order valence-electron chi connectivity index (χ4n) is 7.55. The largest absolute Gasteiger partial charge is 0.457 e. The fraction of sp³-hybridized carbons (Fsp3) is 0.224. The molecule has 0 aliphatic carbocycles. The van der Waals surface area contributed by atoms with Crippen LogP contribution in [0.3, 0.4) is 0 Å². The predicted octanol–water partition coefficient (Wildman–Crippen LogP) is 15.2.